The molecule has 1 aliphatic carbocycles. The van der Waals surface area contributed by atoms with Gasteiger partial charge in [-0.1, -0.05) is 17.7 Å². The molecule has 1 atom stereocenters. The van der Waals surface area contributed by atoms with E-state index in [-0.39, 0.29) is 17.8 Å². The van der Waals surface area contributed by atoms with Crippen molar-refractivity contribution >= 4 is 17.5 Å². The predicted molar refractivity (Wildman–Crippen MR) is 75.8 cm³/mol. The summed E-state index contributed by atoms with van der Waals surface area (Å²) in [5.41, 5.74) is 0.562. The highest BCUT2D eigenvalue weighted by molar-refractivity contribution is 6.30. The van der Waals surface area contributed by atoms with Gasteiger partial charge >= 0.3 is 0 Å². The summed E-state index contributed by atoms with van der Waals surface area (Å²) in [7, 11) is 0. The van der Waals surface area contributed by atoms with Crippen LogP contribution >= 0.6 is 11.6 Å². The van der Waals surface area contributed by atoms with E-state index in [4.69, 9.17) is 21.1 Å². The maximum atomic E-state index is 12.0. The van der Waals surface area contributed by atoms with Crippen LogP contribution in [0.4, 0.5) is 0 Å². The number of halogens is 1. The maximum absolute atomic E-state index is 12.0. The zero-order valence-electron chi connectivity index (χ0n) is 11.2. The zero-order valence-corrected chi connectivity index (χ0v) is 12.0. The van der Waals surface area contributed by atoms with Crippen LogP contribution in [0.25, 0.3) is 0 Å². The van der Waals surface area contributed by atoms with E-state index in [0.717, 1.165) is 25.7 Å². The van der Waals surface area contributed by atoms with Crippen molar-refractivity contribution in [3.63, 3.8) is 0 Å². The number of amides is 1. The van der Waals surface area contributed by atoms with E-state index in [1.54, 1.807) is 24.3 Å². The smallest absolute Gasteiger partial charge is 0.251 e. The van der Waals surface area contributed by atoms with Gasteiger partial charge in [0, 0.05) is 30.0 Å². The predicted octanol–water partition coefficient (Wildman–Crippen LogP) is 2.76. The zero-order chi connectivity index (χ0) is 14.0. The molecule has 1 aromatic rings. The number of rotatable bonds is 3. The lowest BCUT2D eigenvalue weighted by molar-refractivity contribution is -0.161. The summed E-state index contributed by atoms with van der Waals surface area (Å²) < 4.78 is 11.7. The first-order chi connectivity index (χ1) is 9.67. The van der Waals surface area contributed by atoms with Crippen LogP contribution < -0.4 is 5.32 Å². The number of hydrogen-bond acceptors (Lipinski definition) is 3. The standard InChI is InChI=1S/C15H18ClNO3/c16-12-5-3-4-11(8-12)14(18)17-9-13-10-19-15(20-13)6-1-2-7-15/h3-5,8,13H,1-2,6-7,9-10H2,(H,17,18)/t13-/m1/s1. The number of benzene rings is 1. The summed E-state index contributed by atoms with van der Waals surface area (Å²) in [5.74, 6) is -0.505. The fraction of sp³-hybridized carbons (Fsp3) is 0.533. The number of ether oxygens (including phenoxy) is 2. The Bertz CT molecular complexity index is 500. The molecule has 4 nitrogen and oxygen atoms in total. The Morgan fingerprint density at radius 2 is 2.20 bits per heavy atom. The summed E-state index contributed by atoms with van der Waals surface area (Å²) in [6.07, 6.45) is 4.18. The first-order valence-electron chi connectivity index (χ1n) is 7.02. The molecule has 1 spiro atoms. The van der Waals surface area contributed by atoms with Gasteiger partial charge in [-0.3, -0.25) is 4.79 Å². The Morgan fingerprint density at radius 3 is 2.95 bits per heavy atom. The summed E-state index contributed by atoms with van der Waals surface area (Å²) in [5, 5.41) is 3.43. The minimum absolute atomic E-state index is 0.0590. The van der Waals surface area contributed by atoms with Gasteiger partial charge in [0.05, 0.1) is 6.61 Å². The molecule has 1 amide bonds. The molecule has 1 aromatic carbocycles. The van der Waals surface area contributed by atoms with Gasteiger partial charge in [-0.05, 0) is 31.0 Å². The maximum Gasteiger partial charge on any atom is 0.251 e. The molecule has 2 aliphatic rings. The van der Waals surface area contributed by atoms with Crippen LogP contribution in [0, 0.1) is 0 Å². The molecule has 3 rings (SSSR count). The van der Waals surface area contributed by atoms with Crippen LogP contribution in [-0.4, -0.2) is 30.9 Å². The molecule has 1 saturated heterocycles. The topological polar surface area (TPSA) is 47.6 Å². The minimum atomic E-state index is -0.370. The highest BCUT2D eigenvalue weighted by Crippen LogP contribution is 2.38. The van der Waals surface area contributed by atoms with Crippen molar-refractivity contribution in [2.45, 2.75) is 37.6 Å². The second-order valence-corrected chi connectivity index (χ2v) is 5.83. The molecule has 2 fully saturated rings. The fourth-order valence-electron chi connectivity index (χ4n) is 2.83. The van der Waals surface area contributed by atoms with Gasteiger partial charge in [0.25, 0.3) is 5.91 Å². The highest BCUT2D eigenvalue weighted by Gasteiger charge is 2.43. The summed E-state index contributed by atoms with van der Waals surface area (Å²) >= 11 is 5.87. The van der Waals surface area contributed by atoms with Crippen LogP contribution in [0.15, 0.2) is 24.3 Å². The Balaban J connectivity index is 1.51. The highest BCUT2D eigenvalue weighted by atomic mass is 35.5. The molecule has 1 saturated carbocycles. The molecule has 108 valence electrons. The molecular weight excluding hydrogens is 278 g/mol. The summed E-state index contributed by atoms with van der Waals surface area (Å²) in [4.78, 5) is 12.0. The number of nitrogens with one attached hydrogen (secondary N) is 1. The van der Waals surface area contributed by atoms with Gasteiger partial charge in [-0.2, -0.15) is 0 Å². The van der Waals surface area contributed by atoms with Crippen molar-refractivity contribution in [2.75, 3.05) is 13.2 Å². The van der Waals surface area contributed by atoms with Crippen molar-refractivity contribution in [1.29, 1.82) is 0 Å². The lowest BCUT2D eigenvalue weighted by atomic mass is 10.2. The Labute approximate surface area is 123 Å². The summed E-state index contributed by atoms with van der Waals surface area (Å²) in [6.45, 7) is 1.02. The van der Waals surface area contributed by atoms with E-state index in [0.29, 0.717) is 23.7 Å². The third-order valence-electron chi connectivity index (χ3n) is 3.86. The molecular formula is C15H18ClNO3. The van der Waals surface area contributed by atoms with Crippen LogP contribution in [0.2, 0.25) is 5.02 Å². The average Bonchev–Trinajstić information content (AvgIpc) is 3.07. The van der Waals surface area contributed by atoms with Crippen molar-refractivity contribution in [3.05, 3.63) is 34.9 Å². The van der Waals surface area contributed by atoms with Gasteiger partial charge in [0.1, 0.15) is 6.10 Å². The van der Waals surface area contributed by atoms with Gasteiger partial charge < -0.3 is 14.8 Å². The summed E-state index contributed by atoms with van der Waals surface area (Å²) in [6, 6.07) is 6.91. The van der Waals surface area contributed by atoms with Crippen molar-refractivity contribution in [2.24, 2.45) is 0 Å². The quantitative estimate of drug-likeness (QED) is 0.933. The van der Waals surface area contributed by atoms with E-state index >= 15 is 0 Å². The molecule has 20 heavy (non-hydrogen) atoms. The molecule has 0 aromatic heterocycles. The Kier molecular flexibility index (Phi) is 3.96. The third kappa shape index (κ3) is 2.97. The lowest BCUT2D eigenvalue weighted by Crippen LogP contribution is -2.35. The number of carbonyl (C=O) groups excluding carboxylic acids is 1. The van der Waals surface area contributed by atoms with E-state index in [1.807, 2.05) is 0 Å². The van der Waals surface area contributed by atoms with Gasteiger partial charge in [-0.15, -0.1) is 0 Å². The van der Waals surface area contributed by atoms with Crippen LogP contribution in [0.5, 0.6) is 0 Å². The Morgan fingerprint density at radius 1 is 1.40 bits per heavy atom. The molecule has 0 unspecified atom stereocenters. The van der Waals surface area contributed by atoms with Gasteiger partial charge in [0.2, 0.25) is 0 Å². The van der Waals surface area contributed by atoms with Crippen molar-refractivity contribution < 1.29 is 14.3 Å². The number of carbonyl (C=O) groups is 1. The first kappa shape index (κ1) is 13.9. The second-order valence-electron chi connectivity index (χ2n) is 5.39. The normalized spacial score (nSPS) is 24.1. The van der Waals surface area contributed by atoms with Crippen LogP contribution in [-0.2, 0) is 9.47 Å². The first-order valence-corrected chi connectivity index (χ1v) is 7.40. The van der Waals surface area contributed by atoms with E-state index in [1.165, 1.54) is 0 Å². The lowest BCUT2D eigenvalue weighted by Gasteiger charge is -2.21. The molecule has 0 bridgehead atoms. The SMILES string of the molecule is O=C(NC[C@@H]1COC2(CCCC2)O1)c1cccc(Cl)c1. The third-order valence-corrected chi connectivity index (χ3v) is 4.09. The second kappa shape index (κ2) is 5.72. The molecule has 1 N–H and O–H groups in total. The monoisotopic (exact) mass is 295 g/mol. The number of hydrogen-bond donors (Lipinski definition) is 1. The van der Waals surface area contributed by atoms with Crippen LogP contribution in [0.1, 0.15) is 36.0 Å². The van der Waals surface area contributed by atoms with E-state index in [9.17, 15) is 4.79 Å². The minimum Gasteiger partial charge on any atom is -0.349 e. The van der Waals surface area contributed by atoms with E-state index in [2.05, 4.69) is 5.32 Å². The van der Waals surface area contributed by atoms with Crippen molar-refractivity contribution in [1.82, 2.24) is 5.32 Å². The molecule has 5 heteroatoms. The van der Waals surface area contributed by atoms with Gasteiger partial charge in [0.15, 0.2) is 5.79 Å². The molecule has 0 radical (unpaired) electrons. The average molecular weight is 296 g/mol. The fourth-order valence-corrected chi connectivity index (χ4v) is 3.02. The van der Waals surface area contributed by atoms with E-state index < -0.39 is 0 Å². The van der Waals surface area contributed by atoms with Crippen molar-refractivity contribution in [3.8, 4) is 0 Å². The molecule has 1 heterocycles. The molecule has 1 aliphatic heterocycles. The van der Waals surface area contributed by atoms with Crippen LogP contribution in [0.3, 0.4) is 0 Å². The largest absolute Gasteiger partial charge is 0.349 e. The van der Waals surface area contributed by atoms with Gasteiger partial charge in [-0.25, -0.2) is 0 Å². The Hall–Kier alpha value is -1.10.